The van der Waals surface area contributed by atoms with Crippen LogP contribution in [0, 0.1) is 20.2 Å². The van der Waals surface area contributed by atoms with Crippen molar-refractivity contribution in [3.63, 3.8) is 0 Å². The lowest BCUT2D eigenvalue weighted by atomic mass is 9.94. The van der Waals surface area contributed by atoms with Gasteiger partial charge in [0.1, 0.15) is 0 Å². The molecule has 6 aromatic carbocycles. The largest absolute Gasteiger partial charge is 0.310 e. The smallest absolute Gasteiger partial charge is 0.269 e. The minimum absolute atomic E-state index is 0.0183. The third-order valence-corrected chi connectivity index (χ3v) is 7.49. The standard InChI is InChI=1S/C38H27N3O4/c42-40(43)36-23-19-34(20-24-36)39(35-21-25-37(26-22-35)41(44)45)33-17-15-30(16-18-33)29-11-13-32(14-12-29)38(31-9-5-2-6-10-31)27-28-7-3-1-4-8-28/h1-27H/b38-27+. The van der Waals surface area contributed by atoms with E-state index in [0.29, 0.717) is 11.4 Å². The van der Waals surface area contributed by atoms with Crippen molar-refractivity contribution < 1.29 is 9.85 Å². The van der Waals surface area contributed by atoms with Crippen molar-refractivity contribution in [2.24, 2.45) is 0 Å². The lowest BCUT2D eigenvalue weighted by Crippen LogP contribution is -2.10. The fraction of sp³-hybridized carbons (Fsp3) is 0. The third-order valence-electron chi connectivity index (χ3n) is 7.49. The number of nitro groups is 2. The summed E-state index contributed by atoms with van der Waals surface area (Å²) in [7, 11) is 0. The van der Waals surface area contributed by atoms with Crippen molar-refractivity contribution in [2.45, 2.75) is 0 Å². The number of nitrogens with zero attached hydrogens (tertiary/aromatic N) is 3. The fourth-order valence-corrected chi connectivity index (χ4v) is 5.21. The van der Waals surface area contributed by atoms with E-state index >= 15 is 0 Å². The monoisotopic (exact) mass is 589 g/mol. The Morgan fingerprint density at radius 3 is 1.29 bits per heavy atom. The van der Waals surface area contributed by atoms with Gasteiger partial charge in [0.2, 0.25) is 0 Å². The van der Waals surface area contributed by atoms with E-state index in [0.717, 1.165) is 39.1 Å². The van der Waals surface area contributed by atoms with E-state index in [4.69, 9.17) is 0 Å². The summed E-state index contributed by atoms with van der Waals surface area (Å²) in [5.74, 6) is 0. The molecule has 218 valence electrons. The number of anilines is 3. The summed E-state index contributed by atoms with van der Waals surface area (Å²) in [6, 6.07) is 49.5. The Labute approximate surface area is 260 Å². The maximum atomic E-state index is 11.2. The van der Waals surface area contributed by atoms with E-state index in [1.54, 1.807) is 24.3 Å². The highest BCUT2D eigenvalue weighted by atomic mass is 16.6. The fourth-order valence-electron chi connectivity index (χ4n) is 5.21. The lowest BCUT2D eigenvalue weighted by Gasteiger charge is -2.25. The first-order valence-electron chi connectivity index (χ1n) is 14.3. The predicted molar refractivity (Wildman–Crippen MR) is 180 cm³/mol. The molecule has 0 atom stereocenters. The molecule has 0 saturated carbocycles. The quantitative estimate of drug-likeness (QED) is 0.0951. The Morgan fingerprint density at radius 2 is 0.844 bits per heavy atom. The van der Waals surface area contributed by atoms with Crippen molar-refractivity contribution in [1.82, 2.24) is 0 Å². The molecule has 0 bridgehead atoms. The van der Waals surface area contributed by atoms with Crippen LogP contribution in [0.4, 0.5) is 28.4 Å². The molecule has 7 heteroatoms. The summed E-state index contributed by atoms with van der Waals surface area (Å²) in [6.07, 6.45) is 2.20. The Bertz CT molecular complexity index is 1900. The minimum Gasteiger partial charge on any atom is -0.310 e. The van der Waals surface area contributed by atoms with Crippen LogP contribution in [0.5, 0.6) is 0 Å². The summed E-state index contributed by atoms with van der Waals surface area (Å²) in [4.78, 5) is 23.5. The van der Waals surface area contributed by atoms with Crippen LogP contribution in [0.25, 0.3) is 22.8 Å². The highest BCUT2D eigenvalue weighted by Crippen LogP contribution is 2.37. The zero-order valence-corrected chi connectivity index (χ0v) is 24.1. The number of non-ortho nitro benzene ring substituents is 2. The number of hydrogen-bond acceptors (Lipinski definition) is 5. The molecule has 6 rings (SSSR count). The molecule has 0 fully saturated rings. The zero-order chi connectivity index (χ0) is 31.2. The molecule has 0 amide bonds. The molecule has 6 aromatic rings. The highest BCUT2D eigenvalue weighted by Gasteiger charge is 2.16. The topological polar surface area (TPSA) is 89.5 Å². The van der Waals surface area contributed by atoms with Gasteiger partial charge < -0.3 is 4.90 Å². The van der Waals surface area contributed by atoms with Crippen LogP contribution in [0.1, 0.15) is 16.7 Å². The second-order valence-electron chi connectivity index (χ2n) is 10.3. The number of nitro benzene ring substituents is 2. The molecule has 0 saturated heterocycles. The number of hydrogen-bond donors (Lipinski definition) is 0. The first-order valence-corrected chi connectivity index (χ1v) is 14.3. The average Bonchev–Trinajstić information content (AvgIpc) is 3.09. The molecule has 0 heterocycles. The van der Waals surface area contributed by atoms with Gasteiger partial charge in [0.15, 0.2) is 0 Å². The number of rotatable bonds is 9. The minimum atomic E-state index is -0.444. The van der Waals surface area contributed by atoms with Gasteiger partial charge in [-0.15, -0.1) is 0 Å². The van der Waals surface area contributed by atoms with Crippen molar-refractivity contribution in [3.05, 3.63) is 195 Å². The Balaban J connectivity index is 1.32. The molecule has 45 heavy (non-hydrogen) atoms. The molecule has 7 nitrogen and oxygen atoms in total. The van der Waals surface area contributed by atoms with Crippen LogP contribution < -0.4 is 4.90 Å². The van der Waals surface area contributed by atoms with E-state index in [9.17, 15) is 20.2 Å². The average molecular weight is 590 g/mol. The maximum absolute atomic E-state index is 11.2. The van der Waals surface area contributed by atoms with Crippen LogP contribution in [-0.4, -0.2) is 9.85 Å². The summed E-state index contributed by atoms with van der Waals surface area (Å²) < 4.78 is 0. The third kappa shape index (κ3) is 6.53. The Hall–Kier alpha value is -6.34. The van der Waals surface area contributed by atoms with Crippen molar-refractivity contribution >= 4 is 40.1 Å². The maximum Gasteiger partial charge on any atom is 0.269 e. The molecule has 0 spiro atoms. The first-order chi connectivity index (χ1) is 22.0. The number of benzene rings is 6. The molecule has 0 aromatic heterocycles. The van der Waals surface area contributed by atoms with E-state index < -0.39 is 9.85 Å². The van der Waals surface area contributed by atoms with Gasteiger partial charge in [0.25, 0.3) is 11.4 Å². The molecule has 0 N–H and O–H groups in total. The molecular formula is C38H27N3O4. The van der Waals surface area contributed by atoms with Gasteiger partial charge in [0.05, 0.1) is 9.85 Å². The highest BCUT2D eigenvalue weighted by molar-refractivity contribution is 5.92. The molecule has 0 radical (unpaired) electrons. The van der Waals surface area contributed by atoms with Crippen molar-refractivity contribution in [2.75, 3.05) is 4.90 Å². The summed E-state index contributed by atoms with van der Waals surface area (Å²) in [5, 5.41) is 22.5. The van der Waals surface area contributed by atoms with Gasteiger partial charge >= 0.3 is 0 Å². The van der Waals surface area contributed by atoms with E-state index in [1.807, 2.05) is 65.6 Å². The molecule has 0 aliphatic heterocycles. The summed E-state index contributed by atoms with van der Waals surface area (Å²) in [5.41, 5.74) is 8.70. The van der Waals surface area contributed by atoms with E-state index in [2.05, 4.69) is 54.6 Å². The van der Waals surface area contributed by atoms with Crippen molar-refractivity contribution in [1.29, 1.82) is 0 Å². The van der Waals surface area contributed by atoms with Gasteiger partial charge in [-0.1, -0.05) is 97.1 Å². The SMILES string of the molecule is O=[N+]([O-])c1ccc(N(c2ccc(-c3ccc(/C(=C/c4ccccc4)c4ccccc4)cc3)cc2)c2ccc([N+](=O)[O-])cc2)cc1. The van der Waals surface area contributed by atoms with Gasteiger partial charge in [-0.3, -0.25) is 20.2 Å². The normalized spacial score (nSPS) is 11.2. The Kier molecular flexibility index (Phi) is 8.24. The van der Waals surface area contributed by atoms with Crippen LogP contribution in [0.15, 0.2) is 158 Å². The molecule has 0 aliphatic rings. The predicted octanol–water partition coefficient (Wildman–Crippen LogP) is 10.2. The zero-order valence-electron chi connectivity index (χ0n) is 24.1. The Morgan fingerprint density at radius 1 is 0.467 bits per heavy atom. The van der Waals surface area contributed by atoms with Crippen LogP contribution in [0.3, 0.4) is 0 Å². The van der Waals surface area contributed by atoms with E-state index in [-0.39, 0.29) is 11.4 Å². The van der Waals surface area contributed by atoms with Crippen molar-refractivity contribution in [3.8, 4) is 11.1 Å². The first kappa shape index (κ1) is 28.8. The molecule has 0 unspecified atom stereocenters. The second-order valence-corrected chi connectivity index (χ2v) is 10.3. The van der Waals surface area contributed by atoms with E-state index in [1.165, 1.54) is 24.3 Å². The van der Waals surface area contributed by atoms with Crippen LogP contribution >= 0.6 is 0 Å². The second kappa shape index (κ2) is 12.9. The molecule has 0 aliphatic carbocycles. The molecular weight excluding hydrogens is 562 g/mol. The van der Waals surface area contributed by atoms with Crippen LogP contribution in [-0.2, 0) is 0 Å². The summed E-state index contributed by atoms with van der Waals surface area (Å²) in [6.45, 7) is 0. The lowest BCUT2D eigenvalue weighted by molar-refractivity contribution is -0.385. The summed E-state index contributed by atoms with van der Waals surface area (Å²) >= 11 is 0. The van der Waals surface area contributed by atoms with Gasteiger partial charge in [-0.05, 0) is 75.9 Å². The van der Waals surface area contributed by atoms with Gasteiger partial charge in [-0.25, -0.2) is 0 Å². The van der Waals surface area contributed by atoms with Crippen LogP contribution in [0.2, 0.25) is 0 Å². The van der Waals surface area contributed by atoms with Gasteiger partial charge in [-0.2, -0.15) is 0 Å². The van der Waals surface area contributed by atoms with Gasteiger partial charge in [0, 0.05) is 41.3 Å².